The topological polar surface area (TPSA) is 89.7 Å². The van der Waals surface area contributed by atoms with Crippen LogP contribution in [0, 0.1) is 13.8 Å². The fraction of sp³-hybridized carbons (Fsp3) is 0.294. The Kier molecular flexibility index (Phi) is 4.51. The number of nitrogens with zero attached hydrogens (tertiary/aromatic N) is 5. The van der Waals surface area contributed by atoms with Crippen molar-refractivity contribution in [2.45, 2.75) is 26.8 Å². The number of anilines is 1. The lowest BCUT2D eigenvalue weighted by atomic mass is 10.2. The molecule has 0 bridgehead atoms. The molecule has 25 heavy (non-hydrogen) atoms. The fourth-order valence-corrected chi connectivity index (χ4v) is 2.62. The first-order chi connectivity index (χ1) is 11.9. The van der Waals surface area contributed by atoms with Crippen molar-refractivity contribution < 1.29 is 4.79 Å². The molecule has 0 aliphatic heterocycles. The summed E-state index contributed by atoms with van der Waals surface area (Å²) in [5.74, 6) is 1.44. The van der Waals surface area contributed by atoms with Crippen molar-refractivity contribution in [3.8, 4) is 5.69 Å². The molecular formula is C17H21N7O. The highest BCUT2D eigenvalue weighted by Gasteiger charge is 2.14. The monoisotopic (exact) mass is 339 g/mol. The molecule has 0 aliphatic rings. The Bertz CT molecular complexity index is 896. The third-order valence-corrected chi connectivity index (χ3v) is 3.83. The number of urea groups is 1. The van der Waals surface area contributed by atoms with Gasteiger partial charge in [0.25, 0.3) is 0 Å². The Balaban J connectivity index is 1.77. The second-order valence-electron chi connectivity index (χ2n) is 5.90. The highest BCUT2D eigenvalue weighted by molar-refractivity contribution is 5.91. The number of benzene rings is 1. The van der Waals surface area contributed by atoms with Gasteiger partial charge < -0.3 is 10.6 Å². The molecule has 8 heteroatoms. The van der Waals surface area contributed by atoms with E-state index in [1.165, 1.54) is 0 Å². The van der Waals surface area contributed by atoms with Crippen molar-refractivity contribution in [2.75, 3.05) is 5.32 Å². The first-order valence-corrected chi connectivity index (χ1v) is 8.00. The largest absolute Gasteiger partial charge is 0.331 e. The maximum Gasteiger partial charge on any atom is 0.319 e. The minimum Gasteiger partial charge on any atom is -0.331 e. The van der Waals surface area contributed by atoms with E-state index in [0.717, 1.165) is 17.1 Å². The summed E-state index contributed by atoms with van der Waals surface area (Å²) in [6, 6.07) is 7.03. The Labute approximate surface area is 145 Å². The molecule has 0 fully saturated rings. The van der Waals surface area contributed by atoms with E-state index in [1.807, 2.05) is 58.3 Å². The highest BCUT2D eigenvalue weighted by atomic mass is 16.2. The number of aromatic nitrogens is 5. The van der Waals surface area contributed by atoms with Crippen molar-refractivity contribution in [1.29, 1.82) is 0 Å². The molecule has 3 aromatic rings. The van der Waals surface area contributed by atoms with E-state index >= 15 is 0 Å². The van der Waals surface area contributed by atoms with Crippen LogP contribution >= 0.6 is 0 Å². The van der Waals surface area contributed by atoms with E-state index in [-0.39, 0.29) is 12.1 Å². The van der Waals surface area contributed by atoms with Crippen molar-refractivity contribution in [2.24, 2.45) is 7.05 Å². The maximum atomic E-state index is 12.4. The third kappa shape index (κ3) is 3.68. The molecule has 0 saturated carbocycles. The van der Waals surface area contributed by atoms with Crippen LogP contribution in [0.4, 0.5) is 10.5 Å². The quantitative estimate of drug-likeness (QED) is 0.764. The van der Waals surface area contributed by atoms with E-state index < -0.39 is 0 Å². The predicted molar refractivity (Wildman–Crippen MR) is 94.6 cm³/mol. The van der Waals surface area contributed by atoms with Gasteiger partial charge in [-0.2, -0.15) is 10.2 Å². The fourth-order valence-electron chi connectivity index (χ4n) is 2.62. The molecule has 0 saturated heterocycles. The number of hydrogen-bond acceptors (Lipinski definition) is 4. The summed E-state index contributed by atoms with van der Waals surface area (Å²) >= 11 is 0. The van der Waals surface area contributed by atoms with E-state index in [9.17, 15) is 4.79 Å². The molecule has 2 heterocycles. The van der Waals surface area contributed by atoms with E-state index in [4.69, 9.17) is 0 Å². The second kappa shape index (κ2) is 6.76. The highest BCUT2D eigenvalue weighted by Crippen LogP contribution is 2.21. The molecule has 0 aliphatic carbocycles. The zero-order chi connectivity index (χ0) is 18.0. The van der Waals surface area contributed by atoms with Gasteiger partial charge in [0.1, 0.15) is 11.6 Å². The van der Waals surface area contributed by atoms with Gasteiger partial charge in [0.15, 0.2) is 0 Å². The minimum atomic E-state index is -0.293. The molecule has 0 spiro atoms. The molecule has 0 radical (unpaired) electrons. The summed E-state index contributed by atoms with van der Waals surface area (Å²) < 4.78 is 3.42. The average molecular weight is 339 g/mol. The summed E-state index contributed by atoms with van der Waals surface area (Å²) in [5, 5.41) is 14.3. The lowest BCUT2D eigenvalue weighted by molar-refractivity contribution is 0.249. The molecular weight excluding hydrogens is 318 g/mol. The predicted octanol–water partition coefficient (Wildman–Crippen LogP) is 2.50. The van der Waals surface area contributed by atoms with E-state index in [2.05, 4.69) is 25.8 Å². The first-order valence-electron chi connectivity index (χ1n) is 8.00. The van der Waals surface area contributed by atoms with Gasteiger partial charge in [0, 0.05) is 18.8 Å². The summed E-state index contributed by atoms with van der Waals surface area (Å²) in [5.41, 5.74) is 2.37. The SMILES string of the molecule is Cc1nc(C)n(-c2ccccc2NC(=O)N[C@H](C)c2cnn(C)c2)n1. The normalized spacial score (nSPS) is 12.0. The van der Waals surface area contributed by atoms with Gasteiger partial charge in [0.05, 0.1) is 23.6 Å². The lowest BCUT2D eigenvalue weighted by Crippen LogP contribution is -2.31. The Morgan fingerprint density at radius 1 is 1.24 bits per heavy atom. The van der Waals surface area contributed by atoms with Crippen LogP contribution in [0.2, 0.25) is 0 Å². The Hall–Kier alpha value is -3.16. The molecule has 1 aromatic carbocycles. The average Bonchev–Trinajstić information content (AvgIpc) is 3.13. The summed E-state index contributed by atoms with van der Waals surface area (Å²) in [6.45, 7) is 5.62. The van der Waals surface area contributed by atoms with Crippen LogP contribution < -0.4 is 10.6 Å². The number of carbonyl (C=O) groups excluding carboxylic acids is 1. The number of aryl methyl sites for hydroxylation is 3. The van der Waals surface area contributed by atoms with E-state index in [1.54, 1.807) is 15.6 Å². The van der Waals surface area contributed by atoms with Crippen LogP contribution in [-0.4, -0.2) is 30.6 Å². The van der Waals surface area contributed by atoms with Crippen LogP contribution in [0.25, 0.3) is 5.69 Å². The molecule has 130 valence electrons. The van der Waals surface area contributed by atoms with Crippen LogP contribution in [0.15, 0.2) is 36.7 Å². The molecule has 1 atom stereocenters. The second-order valence-corrected chi connectivity index (χ2v) is 5.90. The van der Waals surface area contributed by atoms with Gasteiger partial charge in [-0.1, -0.05) is 12.1 Å². The van der Waals surface area contributed by atoms with Crippen LogP contribution in [-0.2, 0) is 7.05 Å². The first kappa shape index (κ1) is 16.7. The molecule has 0 unspecified atom stereocenters. The zero-order valence-electron chi connectivity index (χ0n) is 14.7. The smallest absolute Gasteiger partial charge is 0.319 e. The number of rotatable bonds is 4. The molecule has 8 nitrogen and oxygen atoms in total. The third-order valence-electron chi connectivity index (χ3n) is 3.83. The van der Waals surface area contributed by atoms with Gasteiger partial charge in [-0.15, -0.1) is 0 Å². The Morgan fingerprint density at radius 2 is 2.00 bits per heavy atom. The molecule has 2 amide bonds. The van der Waals surface area contributed by atoms with Gasteiger partial charge >= 0.3 is 6.03 Å². The number of carbonyl (C=O) groups is 1. The van der Waals surface area contributed by atoms with Crippen LogP contribution in [0.5, 0.6) is 0 Å². The Morgan fingerprint density at radius 3 is 2.64 bits per heavy atom. The van der Waals surface area contributed by atoms with Crippen molar-refractivity contribution >= 4 is 11.7 Å². The van der Waals surface area contributed by atoms with Crippen molar-refractivity contribution in [3.05, 3.63) is 53.9 Å². The minimum absolute atomic E-state index is 0.156. The summed E-state index contributed by atoms with van der Waals surface area (Å²) in [6.07, 6.45) is 3.61. The number of hydrogen-bond donors (Lipinski definition) is 2. The summed E-state index contributed by atoms with van der Waals surface area (Å²) in [7, 11) is 1.84. The van der Waals surface area contributed by atoms with Crippen molar-refractivity contribution in [1.82, 2.24) is 29.9 Å². The van der Waals surface area contributed by atoms with Crippen LogP contribution in [0.1, 0.15) is 30.2 Å². The van der Waals surface area contributed by atoms with Gasteiger partial charge in [-0.3, -0.25) is 4.68 Å². The van der Waals surface area contributed by atoms with E-state index in [0.29, 0.717) is 11.5 Å². The molecule has 2 aromatic heterocycles. The molecule has 2 N–H and O–H groups in total. The summed E-state index contributed by atoms with van der Waals surface area (Å²) in [4.78, 5) is 16.7. The zero-order valence-corrected chi connectivity index (χ0v) is 14.7. The lowest BCUT2D eigenvalue weighted by Gasteiger charge is -2.15. The maximum absolute atomic E-state index is 12.4. The molecule has 3 rings (SSSR count). The van der Waals surface area contributed by atoms with Gasteiger partial charge in [-0.05, 0) is 32.9 Å². The van der Waals surface area contributed by atoms with Crippen molar-refractivity contribution in [3.63, 3.8) is 0 Å². The number of para-hydroxylation sites is 2. The van der Waals surface area contributed by atoms with Gasteiger partial charge in [-0.25, -0.2) is 14.5 Å². The van der Waals surface area contributed by atoms with Crippen LogP contribution in [0.3, 0.4) is 0 Å². The number of amides is 2. The standard InChI is InChI=1S/C17H21N7O/c1-11(14-9-18-23(4)10-14)19-17(25)21-15-7-5-6-8-16(15)24-13(3)20-12(2)22-24/h5-11H,1-4H3,(H2,19,21,25)/t11-/m1/s1. The van der Waals surface area contributed by atoms with Gasteiger partial charge in [0.2, 0.25) is 0 Å². The number of nitrogens with one attached hydrogen (secondary N) is 2.